The molecular formula is C24H28N2O3. The smallest absolute Gasteiger partial charge is 0.335 e. The van der Waals surface area contributed by atoms with Gasteiger partial charge >= 0.3 is 12.0 Å². The second kappa shape index (κ2) is 6.61. The summed E-state index contributed by atoms with van der Waals surface area (Å²) in [6.45, 7) is 10.4. The highest BCUT2D eigenvalue weighted by atomic mass is 16.4. The average molecular weight is 392 g/mol. The number of benzene rings is 2. The third kappa shape index (κ3) is 3.28. The van der Waals surface area contributed by atoms with Crippen molar-refractivity contribution >= 4 is 23.4 Å². The molecule has 29 heavy (non-hydrogen) atoms. The Morgan fingerprint density at radius 3 is 1.93 bits per heavy atom. The Kier molecular flexibility index (Phi) is 4.45. The second-order valence-corrected chi connectivity index (χ2v) is 9.44. The Bertz CT molecular complexity index is 976. The maximum atomic E-state index is 13.1. The quantitative estimate of drug-likeness (QED) is 0.783. The second-order valence-electron chi connectivity index (χ2n) is 9.44. The number of carboxylic acid groups (broad SMARTS) is 1. The zero-order valence-corrected chi connectivity index (χ0v) is 17.5. The number of urea groups is 1. The molecule has 5 nitrogen and oxygen atoms in total. The fourth-order valence-electron chi connectivity index (χ4n) is 4.54. The maximum Gasteiger partial charge on any atom is 0.335 e. The molecule has 1 aliphatic carbocycles. The number of hydrogen-bond donors (Lipinski definition) is 1. The number of fused-ring (bicyclic) bond motifs is 1. The molecule has 2 aromatic carbocycles. The Labute approximate surface area is 171 Å². The van der Waals surface area contributed by atoms with Gasteiger partial charge in [0.05, 0.1) is 5.56 Å². The lowest BCUT2D eigenvalue weighted by atomic mass is 9.63. The average Bonchev–Trinajstić information content (AvgIpc) is 3.07. The molecule has 4 rings (SSSR count). The van der Waals surface area contributed by atoms with Gasteiger partial charge in [-0.3, -0.25) is 9.80 Å². The summed E-state index contributed by atoms with van der Waals surface area (Å²) in [6.07, 6.45) is 2.29. The normalized spacial score (nSPS) is 19.9. The highest BCUT2D eigenvalue weighted by Gasteiger charge is 2.38. The van der Waals surface area contributed by atoms with Crippen LogP contribution >= 0.6 is 0 Å². The first-order chi connectivity index (χ1) is 13.6. The molecule has 5 heteroatoms. The Hall–Kier alpha value is -2.82. The molecule has 1 N–H and O–H groups in total. The van der Waals surface area contributed by atoms with E-state index in [0.29, 0.717) is 13.1 Å². The summed E-state index contributed by atoms with van der Waals surface area (Å²) in [4.78, 5) is 27.7. The molecule has 0 unspecified atom stereocenters. The van der Waals surface area contributed by atoms with Gasteiger partial charge in [0.25, 0.3) is 0 Å². The minimum atomic E-state index is -0.967. The summed E-state index contributed by atoms with van der Waals surface area (Å²) < 4.78 is 0. The van der Waals surface area contributed by atoms with Gasteiger partial charge in [-0.15, -0.1) is 0 Å². The third-order valence-corrected chi connectivity index (χ3v) is 6.58. The van der Waals surface area contributed by atoms with Crippen LogP contribution in [0.4, 0.5) is 16.2 Å². The van der Waals surface area contributed by atoms with Crippen molar-refractivity contribution in [1.82, 2.24) is 0 Å². The number of aromatic carboxylic acids is 1. The van der Waals surface area contributed by atoms with Crippen LogP contribution in [0.5, 0.6) is 0 Å². The summed E-state index contributed by atoms with van der Waals surface area (Å²) in [5, 5.41) is 9.07. The van der Waals surface area contributed by atoms with Crippen molar-refractivity contribution in [2.75, 3.05) is 22.9 Å². The summed E-state index contributed by atoms with van der Waals surface area (Å²) in [5.41, 5.74) is 4.84. The van der Waals surface area contributed by atoms with Crippen molar-refractivity contribution in [3.63, 3.8) is 0 Å². The molecule has 0 radical (unpaired) electrons. The van der Waals surface area contributed by atoms with E-state index in [1.165, 1.54) is 23.3 Å². The van der Waals surface area contributed by atoms with E-state index < -0.39 is 5.97 Å². The van der Waals surface area contributed by atoms with Gasteiger partial charge in [-0.25, -0.2) is 9.59 Å². The first kappa shape index (κ1) is 19.5. The number of carbonyl (C=O) groups is 2. The van der Waals surface area contributed by atoms with E-state index in [-0.39, 0.29) is 22.4 Å². The fourth-order valence-corrected chi connectivity index (χ4v) is 4.54. The number of nitrogens with zero attached hydrogens (tertiary/aromatic N) is 2. The molecule has 0 saturated carbocycles. The Morgan fingerprint density at radius 1 is 0.828 bits per heavy atom. The van der Waals surface area contributed by atoms with Crippen LogP contribution in [-0.4, -0.2) is 30.2 Å². The van der Waals surface area contributed by atoms with Crippen LogP contribution in [0, 0.1) is 0 Å². The maximum absolute atomic E-state index is 13.1. The summed E-state index contributed by atoms with van der Waals surface area (Å²) >= 11 is 0. The molecule has 2 aromatic rings. The molecule has 1 aliphatic heterocycles. The van der Waals surface area contributed by atoms with E-state index in [1.54, 1.807) is 17.0 Å². The van der Waals surface area contributed by atoms with Crippen LogP contribution in [-0.2, 0) is 10.8 Å². The molecule has 0 bridgehead atoms. The predicted octanol–water partition coefficient (Wildman–Crippen LogP) is 5.18. The molecule has 152 valence electrons. The number of hydrogen-bond acceptors (Lipinski definition) is 2. The standard InChI is InChI=1S/C24H28N2O3/c1-23(2)11-12-24(3,4)20-15-18(9-10-19(20)23)26-14-13-25(22(26)29)17-7-5-16(6-8-17)21(27)28/h5-10,15H,11-14H2,1-4H3,(H,27,28). The zero-order valence-electron chi connectivity index (χ0n) is 17.5. The highest BCUT2D eigenvalue weighted by molar-refractivity contribution is 6.06. The van der Waals surface area contributed by atoms with E-state index in [2.05, 4.69) is 45.9 Å². The van der Waals surface area contributed by atoms with E-state index >= 15 is 0 Å². The first-order valence-electron chi connectivity index (χ1n) is 10.2. The fraction of sp³-hybridized carbons (Fsp3) is 0.417. The number of rotatable bonds is 3. The van der Waals surface area contributed by atoms with Crippen molar-refractivity contribution in [2.45, 2.75) is 51.4 Å². The number of carbonyl (C=O) groups excluding carboxylic acids is 1. The molecule has 1 heterocycles. The summed E-state index contributed by atoms with van der Waals surface area (Å²) in [6, 6.07) is 12.9. The lowest BCUT2D eigenvalue weighted by Gasteiger charge is -2.42. The van der Waals surface area contributed by atoms with Gasteiger partial charge in [-0.1, -0.05) is 33.8 Å². The van der Waals surface area contributed by atoms with Gasteiger partial charge in [0.15, 0.2) is 0 Å². The minimum Gasteiger partial charge on any atom is -0.478 e. The molecule has 2 amide bonds. The van der Waals surface area contributed by atoms with Gasteiger partial charge < -0.3 is 5.11 Å². The summed E-state index contributed by atoms with van der Waals surface area (Å²) in [5.74, 6) is -0.967. The van der Waals surface area contributed by atoms with Crippen LogP contribution in [0.3, 0.4) is 0 Å². The molecule has 2 aliphatic rings. The van der Waals surface area contributed by atoms with Crippen LogP contribution in [0.2, 0.25) is 0 Å². The molecular weight excluding hydrogens is 364 g/mol. The Morgan fingerprint density at radius 2 is 1.34 bits per heavy atom. The minimum absolute atomic E-state index is 0.0686. The predicted molar refractivity (Wildman–Crippen MR) is 115 cm³/mol. The zero-order chi connectivity index (χ0) is 21.0. The van der Waals surface area contributed by atoms with Crippen molar-refractivity contribution in [3.05, 3.63) is 59.2 Å². The topological polar surface area (TPSA) is 60.9 Å². The number of carboxylic acids is 1. The summed E-state index contributed by atoms with van der Waals surface area (Å²) in [7, 11) is 0. The van der Waals surface area contributed by atoms with Crippen LogP contribution < -0.4 is 9.80 Å². The van der Waals surface area contributed by atoms with Crippen molar-refractivity contribution in [1.29, 1.82) is 0 Å². The molecule has 1 saturated heterocycles. The highest BCUT2D eigenvalue weighted by Crippen LogP contribution is 2.47. The monoisotopic (exact) mass is 392 g/mol. The molecule has 0 aromatic heterocycles. The van der Waals surface area contributed by atoms with E-state index in [9.17, 15) is 9.59 Å². The number of anilines is 2. The Balaban J connectivity index is 1.63. The van der Waals surface area contributed by atoms with Gasteiger partial charge in [0.1, 0.15) is 0 Å². The largest absolute Gasteiger partial charge is 0.478 e. The van der Waals surface area contributed by atoms with Gasteiger partial charge in [-0.05, 0) is 71.2 Å². The molecule has 1 fully saturated rings. The van der Waals surface area contributed by atoms with Gasteiger partial charge in [-0.2, -0.15) is 0 Å². The van der Waals surface area contributed by atoms with E-state index in [0.717, 1.165) is 24.2 Å². The van der Waals surface area contributed by atoms with E-state index in [4.69, 9.17) is 5.11 Å². The lowest BCUT2D eigenvalue weighted by molar-refractivity contribution is 0.0697. The van der Waals surface area contributed by atoms with E-state index in [1.807, 2.05) is 4.90 Å². The SMILES string of the molecule is CC1(C)CCC(C)(C)c2cc(N3CCN(c4ccc(C(=O)O)cc4)C3=O)ccc21. The van der Waals surface area contributed by atoms with Crippen molar-refractivity contribution in [2.24, 2.45) is 0 Å². The lowest BCUT2D eigenvalue weighted by Crippen LogP contribution is -2.35. The van der Waals surface area contributed by atoms with Crippen molar-refractivity contribution in [3.8, 4) is 0 Å². The molecule has 0 spiro atoms. The number of amides is 2. The van der Waals surface area contributed by atoms with Crippen molar-refractivity contribution < 1.29 is 14.7 Å². The third-order valence-electron chi connectivity index (χ3n) is 6.58. The van der Waals surface area contributed by atoms with Gasteiger partial charge in [0, 0.05) is 24.5 Å². The molecule has 0 atom stereocenters. The van der Waals surface area contributed by atoms with Gasteiger partial charge in [0.2, 0.25) is 0 Å². The van der Waals surface area contributed by atoms with Crippen LogP contribution in [0.1, 0.15) is 62.0 Å². The first-order valence-corrected chi connectivity index (χ1v) is 10.2. The van der Waals surface area contributed by atoms with Crippen LogP contribution in [0.15, 0.2) is 42.5 Å². The van der Waals surface area contributed by atoms with Crippen LogP contribution in [0.25, 0.3) is 0 Å².